The highest BCUT2D eigenvalue weighted by molar-refractivity contribution is 7.14. The summed E-state index contributed by atoms with van der Waals surface area (Å²) in [6.07, 6.45) is 0.501. The van der Waals surface area contributed by atoms with Crippen molar-refractivity contribution in [2.24, 2.45) is 0 Å². The molecule has 1 amide bonds. The van der Waals surface area contributed by atoms with E-state index in [4.69, 9.17) is 9.15 Å². The fourth-order valence-corrected chi connectivity index (χ4v) is 3.65. The van der Waals surface area contributed by atoms with Gasteiger partial charge < -0.3 is 9.15 Å². The highest BCUT2D eigenvalue weighted by atomic mass is 32.1. The van der Waals surface area contributed by atoms with Crippen LogP contribution in [0.2, 0.25) is 0 Å². The number of nitrogens with zero attached hydrogens (tertiary/aromatic N) is 3. The molecule has 11 heteroatoms. The topological polar surface area (TPSA) is 137 Å². The fourth-order valence-electron chi connectivity index (χ4n) is 2.93. The lowest BCUT2D eigenvalue weighted by Gasteiger charge is -2.15. The van der Waals surface area contributed by atoms with Gasteiger partial charge in [0.2, 0.25) is 0 Å². The first-order valence-electron chi connectivity index (χ1n) is 9.50. The van der Waals surface area contributed by atoms with Gasteiger partial charge in [-0.3, -0.25) is 20.2 Å². The number of fused-ring (bicyclic) bond motifs is 1. The van der Waals surface area contributed by atoms with Crippen LogP contribution < -0.4 is 5.32 Å². The minimum Gasteiger partial charge on any atom is -0.449 e. The lowest BCUT2D eigenvalue weighted by molar-refractivity contribution is -0.384. The Labute approximate surface area is 185 Å². The Balaban J connectivity index is 1.43. The van der Waals surface area contributed by atoms with Crippen LogP contribution in [0, 0.1) is 10.1 Å². The van der Waals surface area contributed by atoms with Gasteiger partial charge in [0.1, 0.15) is 5.52 Å². The Bertz CT molecular complexity index is 1310. The third-order valence-corrected chi connectivity index (χ3v) is 5.32. The molecule has 1 atom stereocenters. The number of nitrogens with one attached hydrogen (secondary N) is 1. The molecule has 0 aliphatic rings. The lowest BCUT2D eigenvalue weighted by atomic mass is 10.1. The Morgan fingerprint density at radius 3 is 2.91 bits per heavy atom. The highest BCUT2D eigenvalue weighted by Gasteiger charge is 2.23. The van der Waals surface area contributed by atoms with Crippen LogP contribution in [0.15, 0.2) is 58.7 Å². The maximum atomic E-state index is 12.6. The van der Waals surface area contributed by atoms with Crippen molar-refractivity contribution in [1.82, 2.24) is 9.97 Å². The number of esters is 1. The van der Waals surface area contributed by atoms with Gasteiger partial charge in [-0.2, -0.15) is 0 Å². The maximum Gasteiger partial charge on any atom is 0.339 e. The third kappa shape index (κ3) is 4.47. The van der Waals surface area contributed by atoms with Gasteiger partial charge in [-0.15, -0.1) is 11.3 Å². The van der Waals surface area contributed by atoms with Crippen molar-refractivity contribution in [2.75, 3.05) is 5.32 Å². The molecule has 10 nitrogen and oxygen atoms in total. The van der Waals surface area contributed by atoms with Gasteiger partial charge >= 0.3 is 5.97 Å². The van der Waals surface area contributed by atoms with Gasteiger partial charge in [-0.25, -0.2) is 14.8 Å². The molecule has 0 radical (unpaired) electrons. The zero-order valence-electron chi connectivity index (χ0n) is 16.7. The number of benzene rings is 2. The van der Waals surface area contributed by atoms with Gasteiger partial charge in [0.15, 0.2) is 23.2 Å². The quantitative estimate of drug-likeness (QED) is 0.247. The second-order valence-corrected chi connectivity index (χ2v) is 7.53. The zero-order chi connectivity index (χ0) is 22.7. The van der Waals surface area contributed by atoms with E-state index in [1.165, 1.54) is 24.6 Å². The number of rotatable bonds is 7. The number of thiazole rings is 1. The van der Waals surface area contributed by atoms with Crippen LogP contribution in [0.5, 0.6) is 0 Å². The number of non-ortho nitro benzene ring substituents is 1. The molecule has 0 aliphatic carbocycles. The molecule has 1 unspecified atom stereocenters. The van der Waals surface area contributed by atoms with Crippen molar-refractivity contribution in [3.8, 4) is 11.3 Å². The number of oxazole rings is 1. The molecule has 0 aliphatic heterocycles. The van der Waals surface area contributed by atoms with E-state index in [9.17, 15) is 19.7 Å². The molecular weight excluding hydrogens is 436 g/mol. The Morgan fingerprint density at radius 2 is 2.12 bits per heavy atom. The van der Waals surface area contributed by atoms with E-state index < -0.39 is 22.9 Å². The van der Waals surface area contributed by atoms with Crippen molar-refractivity contribution in [1.29, 1.82) is 0 Å². The van der Waals surface area contributed by atoms with Crippen LogP contribution in [0.4, 0.5) is 10.8 Å². The van der Waals surface area contributed by atoms with Crippen LogP contribution in [0.25, 0.3) is 22.4 Å². The summed E-state index contributed by atoms with van der Waals surface area (Å²) < 4.78 is 10.6. The van der Waals surface area contributed by atoms with E-state index in [1.807, 2.05) is 0 Å². The average molecular weight is 452 g/mol. The number of amides is 1. The first-order valence-corrected chi connectivity index (χ1v) is 10.4. The van der Waals surface area contributed by atoms with E-state index in [2.05, 4.69) is 15.3 Å². The van der Waals surface area contributed by atoms with Crippen LogP contribution in [-0.4, -0.2) is 32.9 Å². The molecule has 2 heterocycles. The molecule has 0 fully saturated rings. The molecule has 162 valence electrons. The molecule has 2 aromatic heterocycles. The molecule has 0 saturated carbocycles. The summed E-state index contributed by atoms with van der Waals surface area (Å²) in [5, 5.41) is 15.6. The smallest absolute Gasteiger partial charge is 0.339 e. The summed E-state index contributed by atoms with van der Waals surface area (Å²) >= 11 is 1.16. The molecule has 4 rings (SSSR count). The number of nitro groups is 1. The third-order valence-electron chi connectivity index (χ3n) is 4.57. The number of ether oxygens (including phenoxy) is 1. The largest absolute Gasteiger partial charge is 0.449 e. The second-order valence-electron chi connectivity index (χ2n) is 6.67. The summed E-state index contributed by atoms with van der Waals surface area (Å²) in [6.45, 7) is 1.72. The zero-order valence-corrected chi connectivity index (χ0v) is 17.5. The van der Waals surface area contributed by atoms with Crippen molar-refractivity contribution < 1.29 is 23.7 Å². The van der Waals surface area contributed by atoms with Crippen molar-refractivity contribution in [3.63, 3.8) is 0 Å². The lowest BCUT2D eigenvalue weighted by Crippen LogP contribution is -2.32. The molecule has 4 aromatic rings. The van der Waals surface area contributed by atoms with E-state index >= 15 is 0 Å². The van der Waals surface area contributed by atoms with Gasteiger partial charge in [-0.1, -0.05) is 19.1 Å². The number of anilines is 1. The van der Waals surface area contributed by atoms with Crippen molar-refractivity contribution in [2.45, 2.75) is 19.4 Å². The van der Waals surface area contributed by atoms with E-state index in [0.717, 1.165) is 11.3 Å². The molecule has 0 spiro atoms. The summed E-state index contributed by atoms with van der Waals surface area (Å²) in [5.41, 5.74) is 2.27. The minimum absolute atomic E-state index is 0.0532. The Morgan fingerprint density at radius 1 is 1.28 bits per heavy atom. The summed E-state index contributed by atoms with van der Waals surface area (Å²) in [5.74, 6) is -1.19. The molecule has 1 N–H and O–H groups in total. The first kappa shape index (κ1) is 21.1. The number of carbonyl (C=O) groups is 2. The minimum atomic E-state index is -1.03. The summed E-state index contributed by atoms with van der Waals surface area (Å²) in [4.78, 5) is 43.9. The van der Waals surface area contributed by atoms with Gasteiger partial charge in [0.25, 0.3) is 11.6 Å². The monoisotopic (exact) mass is 452 g/mol. The molecule has 0 saturated heterocycles. The molecule has 2 aromatic carbocycles. The van der Waals surface area contributed by atoms with Crippen molar-refractivity contribution >= 4 is 45.1 Å². The van der Waals surface area contributed by atoms with Gasteiger partial charge in [0.05, 0.1) is 16.2 Å². The SMILES string of the molecule is CCC(OC(=O)c1ccc2ncoc2c1)C(=O)Nc1nc(-c2cccc([N+](=O)[O-])c2)cs1. The molecular formula is C21H16N4O6S. The van der Waals surface area contributed by atoms with Crippen LogP contribution in [-0.2, 0) is 9.53 Å². The van der Waals surface area contributed by atoms with Crippen LogP contribution >= 0.6 is 11.3 Å². The van der Waals surface area contributed by atoms with Gasteiger partial charge in [0, 0.05) is 23.1 Å². The van der Waals surface area contributed by atoms with Crippen LogP contribution in [0.3, 0.4) is 0 Å². The Hall–Kier alpha value is -4.12. The predicted molar refractivity (Wildman–Crippen MR) is 116 cm³/mol. The molecule has 0 bridgehead atoms. The van der Waals surface area contributed by atoms with E-state index in [1.54, 1.807) is 36.6 Å². The van der Waals surface area contributed by atoms with E-state index in [0.29, 0.717) is 22.4 Å². The van der Waals surface area contributed by atoms with E-state index in [-0.39, 0.29) is 22.8 Å². The Kier molecular flexibility index (Phi) is 5.90. The normalized spacial score (nSPS) is 11.8. The highest BCUT2D eigenvalue weighted by Crippen LogP contribution is 2.27. The maximum absolute atomic E-state index is 12.6. The van der Waals surface area contributed by atoms with Crippen LogP contribution in [0.1, 0.15) is 23.7 Å². The van der Waals surface area contributed by atoms with Gasteiger partial charge in [-0.05, 0) is 24.6 Å². The second kappa shape index (κ2) is 8.94. The number of carbonyl (C=O) groups excluding carboxylic acids is 2. The summed E-state index contributed by atoms with van der Waals surface area (Å²) in [7, 11) is 0. The predicted octanol–water partition coefficient (Wildman–Crippen LogP) is 4.43. The summed E-state index contributed by atoms with van der Waals surface area (Å²) in [6, 6.07) is 10.7. The number of nitro benzene ring substituents is 1. The average Bonchev–Trinajstić information content (AvgIpc) is 3.46. The standard InChI is InChI=1S/C21H16N4O6S/c1-2-17(31-20(27)13-6-7-15-18(9-13)30-11-22-15)19(26)24-21-23-16(10-32-21)12-4-3-5-14(8-12)25(28)29/h3-11,17H,2H2,1H3,(H,23,24,26). The number of aromatic nitrogens is 2. The van der Waals surface area contributed by atoms with Crippen molar-refractivity contribution in [3.05, 3.63) is 69.9 Å². The molecule has 32 heavy (non-hydrogen) atoms. The first-order chi connectivity index (χ1) is 15.4. The number of hydrogen-bond donors (Lipinski definition) is 1. The fraction of sp³-hybridized carbons (Fsp3) is 0.143. The number of hydrogen-bond acceptors (Lipinski definition) is 9.